The smallest absolute Gasteiger partial charge is 0.204 e. The first-order valence-electron chi connectivity index (χ1n) is 10.2. The van der Waals surface area contributed by atoms with E-state index in [4.69, 9.17) is 14.2 Å². The summed E-state index contributed by atoms with van der Waals surface area (Å²) < 4.78 is 18.0. The molecule has 2 aromatic rings. The van der Waals surface area contributed by atoms with Crippen LogP contribution in [0.3, 0.4) is 0 Å². The monoisotopic (exact) mass is 358 g/mol. The molecule has 0 amide bonds. The molecule has 0 saturated carbocycles. The summed E-state index contributed by atoms with van der Waals surface area (Å²) in [5, 5.41) is 2.21. The molecule has 2 aromatic carbocycles. The number of hydrogen-bond donors (Lipinski definition) is 0. The molecular formula is C23H34O3. The molecule has 0 unspecified atom stereocenters. The van der Waals surface area contributed by atoms with Crippen LogP contribution in [0.4, 0.5) is 0 Å². The van der Waals surface area contributed by atoms with E-state index in [1.54, 1.807) is 7.11 Å². The third kappa shape index (κ3) is 5.82. The van der Waals surface area contributed by atoms with Crippen molar-refractivity contribution in [1.29, 1.82) is 0 Å². The van der Waals surface area contributed by atoms with E-state index in [1.165, 1.54) is 38.5 Å². The normalized spacial score (nSPS) is 10.9. The van der Waals surface area contributed by atoms with Crippen LogP contribution >= 0.6 is 0 Å². The van der Waals surface area contributed by atoms with E-state index >= 15 is 0 Å². The van der Waals surface area contributed by atoms with Gasteiger partial charge in [-0.2, -0.15) is 0 Å². The largest absolute Gasteiger partial charge is 0.493 e. The predicted octanol–water partition coefficient (Wildman–Crippen LogP) is 6.77. The first kappa shape index (κ1) is 20.4. The highest BCUT2D eigenvalue weighted by atomic mass is 16.5. The summed E-state index contributed by atoms with van der Waals surface area (Å²) in [7, 11) is 1.69. The second-order valence-corrected chi connectivity index (χ2v) is 6.78. The van der Waals surface area contributed by atoms with Crippen molar-refractivity contribution in [1.82, 2.24) is 0 Å². The number of hydrogen-bond acceptors (Lipinski definition) is 3. The Labute approximate surface area is 158 Å². The lowest BCUT2D eigenvalue weighted by atomic mass is 10.1. The lowest BCUT2D eigenvalue weighted by molar-refractivity contribution is 0.250. The minimum Gasteiger partial charge on any atom is -0.493 e. The maximum atomic E-state index is 6.21. The van der Waals surface area contributed by atoms with Gasteiger partial charge in [0.1, 0.15) is 0 Å². The zero-order valence-electron chi connectivity index (χ0n) is 16.7. The van der Waals surface area contributed by atoms with Gasteiger partial charge in [0, 0.05) is 5.39 Å². The van der Waals surface area contributed by atoms with E-state index < -0.39 is 0 Å². The van der Waals surface area contributed by atoms with Crippen molar-refractivity contribution in [2.24, 2.45) is 0 Å². The Morgan fingerprint density at radius 1 is 0.731 bits per heavy atom. The van der Waals surface area contributed by atoms with Gasteiger partial charge in [-0.25, -0.2) is 0 Å². The van der Waals surface area contributed by atoms with Crippen LogP contribution in [0, 0.1) is 0 Å². The molecule has 0 aromatic heterocycles. The Kier molecular flexibility index (Phi) is 9.16. The van der Waals surface area contributed by atoms with Crippen LogP contribution in [0.2, 0.25) is 0 Å². The molecule has 0 saturated heterocycles. The number of fused-ring (bicyclic) bond motifs is 1. The van der Waals surface area contributed by atoms with Crippen molar-refractivity contribution in [3.05, 3.63) is 30.3 Å². The van der Waals surface area contributed by atoms with Crippen molar-refractivity contribution >= 4 is 10.8 Å². The second-order valence-electron chi connectivity index (χ2n) is 6.78. The molecule has 144 valence electrons. The molecule has 0 bridgehead atoms. The summed E-state index contributed by atoms with van der Waals surface area (Å²) in [6.07, 6.45) is 9.47. The van der Waals surface area contributed by atoms with Gasteiger partial charge in [0.15, 0.2) is 11.5 Å². The van der Waals surface area contributed by atoms with E-state index in [9.17, 15) is 0 Å². The van der Waals surface area contributed by atoms with Gasteiger partial charge in [0.05, 0.1) is 20.3 Å². The maximum absolute atomic E-state index is 6.21. The van der Waals surface area contributed by atoms with Gasteiger partial charge in [0.2, 0.25) is 5.75 Å². The highest BCUT2D eigenvalue weighted by molar-refractivity contribution is 5.93. The molecule has 0 aliphatic carbocycles. The molecule has 2 rings (SSSR count). The molecule has 0 N–H and O–H groups in total. The zero-order chi connectivity index (χ0) is 18.6. The average molecular weight is 359 g/mol. The Morgan fingerprint density at radius 2 is 1.35 bits per heavy atom. The van der Waals surface area contributed by atoms with Gasteiger partial charge in [-0.05, 0) is 24.3 Å². The second kappa shape index (κ2) is 11.7. The van der Waals surface area contributed by atoms with Crippen LogP contribution in [0.25, 0.3) is 10.8 Å². The Hall–Kier alpha value is -1.90. The number of benzene rings is 2. The standard InChI is InChI=1S/C23H34O3/c1-4-6-8-12-16-25-22-20-15-11-10-14-19(20)18-21(24-3)23(22)26-17-13-9-7-5-2/h10-11,14-15,18H,4-9,12-13,16-17H2,1-3H3. The van der Waals surface area contributed by atoms with Gasteiger partial charge in [0.25, 0.3) is 0 Å². The van der Waals surface area contributed by atoms with Gasteiger partial charge in [-0.15, -0.1) is 0 Å². The molecule has 0 radical (unpaired) electrons. The van der Waals surface area contributed by atoms with E-state index in [1.807, 2.05) is 18.2 Å². The molecule has 26 heavy (non-hydrogen) atoms. The van der Waals surface area contributed by atoms with Crippen molar-refractivity contribution in [2.75, 3.05) is 20.3 Å². The molecule has 0 aliphatic rings. The average Bonchev–Trinajstić information content (AvgIpc) is 2.67. The number of rotatable bonds is 13. The third-order valence-corrected chi connectivity index (χ3v) is 4.63. The van der Waals surface area contributed by atoms with Crippen LogP contribution in [0.5, 0.6) is 17.2 Å². The van der Waals surface area contributed by atoms with E-state index in [-0.39, 0.29) is 0 Å². The topological polar surface area (TPSA) is 27.7 Å². The van der Waals surface area contributed by atoms with E-state index in [0.717, 1.165) is 40.9 Å². The molecular weight excluding hydrogens is 324 g/mol. The summed E-state index contributed by atoms with van der Waals surface area (Å²) in [4.78, 5) is 0. The highest BCUT2D eigenvalue weighted by Crippen LogP contribution is 2.43. The first-order chi connectivity index (χ1) is 12.8. The number of methoxy groups -OCH3 is 1. The molecule has 3 nitrogen and oxygen atoms in total. The molecule has 0 fully saturated rings. The van der Waals surface area contributed by atoms with Crippen LogP contribution in [-0.4, -0.2) is 20.3 Å². The van der Waals surface area contributed by atoms with Gasteiger partial charge < -0.3 is 14.2 Å². The van der Waals surface area contributed by atoms with Crippen LogP contribution in [-0.2, 0) is 0 Å². The highest BCUT2D eigenvalue weighted by Gasteiger charge is 2.17. The number of unbranched alkanes of at least 4 members (excludes halogenated alkanes) is 6. The van der Waals surface area contributed by atoms with Crippen LogP contribution < -0.4 is 14.2 Å². The molecule has 0 spiro atoms. The molecule has 3 heteroatoms. The lowest BCUT2D eigenvalue weighted by Crippen LogP contribution is -2.05. The number of ether oxygens (including phenoxy) is 3. The Bertz CT molecular complexity index is 651. The molecule has 0 heterocycles. The fraction of sp³-hybridized carbons (Fsp3) is 0.565. The van der Waals surface area contributed by atoms with Gasteiger partial charge in [-0.1, -0.05) is 76.6 Å². The summed E-state index contributed by atoms with van der Waals surface area (Å²) in [5.74, 6) is 2.33. The Balaban J connectivity index is 2.19. The third-order valence-electron chi connectivity index (χ3n) is 4.63. The van der Waals surface area contributed by atoms with Crippen LogP contribution in [0.15, 0.2) is 30.3 Å². The minimum atomic E-state index is 0.695. The maximum Gasteiger partial charge on any atom is 0.204 e. The van der Waals surface area contributed by atoms with Gasteiger partial charge in [-0.3, -0.25) is 0 Å². The van der Waals surface area contributed by atoms with Crippen molar-refractivity contribution in [3.8, 4) is 17.2 Å². The summed E-state index contributed by atoms with van der Waals surface area (Å²) in [5.41, 5.74) is 0. The van der Waals surface area contributed by atoms with E-state index in [2.05, 4.69) is 26.0 Å². The van der Waals surface area contributed by atoms with Crippen molar-refractivity contribution < 1.29 is 14.2 Å². The Morgan fingerprint density at radius 3 is 1.96 bits per heavy atom. The summed E-state index contributed by atoms with van der Waals surface area (Å²) >= 11 is 0. The minimum absolute atomic E-state index is 0.695. The fourth-order valence-corrected chi connectivity index (χ4v) is 3.11. The molecule has 0 atom stereocenters. The van der Waals surface area contributed by atoms with Crippen molar-refractivity contribution in [3.63, 3.8) is 0 Å². The van der Waals surface area contributed by atoms with E-state index in [0.29, 0.717) is 13.2 Å². The lowest BCUT2D eigenvalue weighted by Gasteiger charge is -2.18. The first-order valence-corrected chi connectivity index (χ1v) is 10.2. The predicted molar refractivity (Wildman–Crippen MR) is 110 cm³/mol. The van der Waals surface area contributed by atoms with Gasteiger partial charge >= 0.3 is 0 Å². The molecule has 0 aliphatic heterocycles. The quantitative estimate of drug-likeness (QED) is 0.370. The van der Waals surface area contributed by atoms with Crippen molar-refractivity contribution in [2.45, 2.75) is 65.2 Å². The SMILES string of the molecule is CCCCCCOc1c(OC)cc2ccccc2c1OCCCCCC. The summed E-state index contributed by atoms with van der Waals surface area (Å²) in [6, 6.07) is 10.3. The zero-order valence-corrected chi connectivity index (χ0v) is 16.7. The summed E-state index contributed by atoms with van der Waals surface area (Å²) in [6.45, 7) is 5.85. The fourth-order valence-electron chi connectivity index (χ4n) is 3.11. The van der Waals surface area contributed by atoms with Crippen LogP contribution in [0.1, 0.15) is 65.2 Å².